The van der Waals surface area contributed by atoms with Crippen LogP contribution < -0.4 is 0 Å². The van der Waals surface area contributed by atoms with Crippen molar-refractivity contribution in [2.24, 2.45) is 5.92 Å². The van der Waals surface area contributed by atoms with E-state index in [1.807, 2.05) is 12.2 Å². The summed E-state index contributed by atoms with van der Waals surface area (Å²) in [4.78, 5) is 10.6. The van der Waals surface area contributed by atoms with Crippen molar-refractivity contribution in [3.05, 3.63) is 72.1 Å². The zero-order valence-electron chi connectivity index (χ0n) is 17.0. The van der Waals surface area contributed by atoms with Gasteiger partial charge in [-0.1, -0.05) is 24.3 Å². The first-order valence-electron chi connectivity index (χ1n) is 10.2. The molecule has 0 saturated carbocycles. The molecule has 1 aliphatic rings. The highest BCUT2D eigenvalue weighted by molar-refractivity contribution is 7.89. The molecule has 0 amide bonds. The zero-order chi connectivity index (χ0) is 22.4. The van der Waals surface area contributed by atoms with E-state index in [-0.39, 0.29) is 23.0 Å². The van der Waals surface area contributed by atoms with Gasteiger partial charge in [-0.2, -0.15) is 4.31 Å². The van der Waals surface area contributed by atoms with Crippen LogP contribution in [-0.4, -0.2) is 35.5 Å². The van der Waals surface area contributed by atoms with Crippen LogP contribution in [0.4, 0.5) is 4.39 Å². The lowest BCUT2D eigenvalue weighted by Gasteiger charge is -2.28. The summed E-state index contributed by atoms with van der Waals surface area (Å²) in [5.74, 6) is -1.27. The Morgan fingerprint density at radius 1 is 1.16 bits per heavy atom. The van der Waals surface area contributed by atoms with Crippen LogP contribution in [0.5, 0.6) is 5.75 Å². The highest BCUT2D eigenvalue weighted by atomic mass is 32.2. The molecule has 1 aliphatic heterocycles. The minimum Gasteiger partial charge on any atom is -0.508 e. The molecule has 6 nitrogen and oxygen atoms in total. The average Bonchev–Trinajstić information content (AvgIpc) is 3.15. The summed E-state index contributed by atoms with van der Waals surface area (Å²) in [6, 6.07) is 10.9. The standard InChI is InChI=1S/C23H26FNO5S/c24-19-10-12-21(13-11-19)31(29,30)25-15-14-17(6-3-1-2-4-9-22(27)28)23(25)18-7-5-8-20(26)16-18/h1,3,5,7-8,10-13,16-17,23,26H,2,4,6,9,14-15H2,(H,27,28)/b3-1-/t17-,23+/m1/s1. The second-order valence-electron chi connectivity index (χ2n) is 7.65. The SMILES string of the molecule is O=C(O)CCC/C=C\C[C@@H]1CCN(S(=O)(=O)c2ccc(F)cc2)[C@@H]1c1cccc(O)c1. The predicted molar refractivity (Wildman–Crippen MR) is 114 cm³/mol. The first-order chi connectivity index (χ1) is 14.8. The molecule has 0 radical (unpaired) electrons. The highest BCUT2D eigenvalue weighted by Crippen LogP contribution is 2.43. The summed E-state index contributed by atoms with van der Waals surface area (Å²) in [5.41, 5.74) is 0.701. The van der Waals surface area contributed by atoms with Gasteiger partial charge in [0.15, 0.2) is 0 Å². The van der Waals surface area contributed by atoms with Crippen LogP contribution in [0.15, 0.2) is 65.6 Å². The Morgan fingerprint density at radius 2 is 1.90 bits per heavy atom. The maximum atomic E-state index is 13.3. The number of aliphatic carboxylic acids is 1. The van der Waals surface area contributed by atoms with Gasteiger partial charge in [-0.15, -0.1) is 0 Å². The Hall–Kier alpha value is -2.71. The largest absolute Gasteiger partial charge is 0.508 e. The third-order valence-electron chi connectivity index (χ3n) is 5.48. The molecule has 8 heteroatoms. The third kappa shape index (κ3) is 5.71. The van der Waals surface area contributed by atoms with Gasteiger partial charge in [0, 0.05) is 13.0 Å². The normalized spacial score (nSPS) is 19.8. The van der Waals surface area contributed by atoms with Gasteiger partial charge in [0.25, 0.3) is 0 Å². The number of hydrogen-bond acceptors (Lipinski definition) is 4. The lowest BCUT2D eigenvalue weighted by Crippen LogP contribution is -2.32. The number of halogens is 1. The van der Waals surface area contributed by atoms with Crippen molar-refractivity contribution >= 4 is 16.0 Å². The molecule has 1 fully saturated rings. The fraction of sp³-hybridized carbons (Fsp3) is 0.348. The first-order valence-corrected chi connectivity index (χ1v) is 11.7. The van der Waals surface area contributed by atoms with Crippen molar-refractivity contribution in [1.82, 2.24) is 4.31 Å². The maximum Gasteiger partial charge on any atom is 0.303 e. The summed E-state index contributed by atoms with van der Waals surface area (Å²) in [5, 5.41) is 18.7. The lowest BCUT2D eigenvalue weighted by atomic mass is 9.91. The zero-order valence-corrected chi connectivity index (χ0v) is 17.8. The Morgan fingerprint density at radius 3 is 2.58 bits per heavy atom. The van der Waals surface area contributed by atoms with Crippen molar-refractivity contribution in [3.63, 3.8) is 0 Å². The van der Waals surface area contributed by atoms with E-state index in [1.54, 1.807) is 18.2 Å². The van der Waals surface area contributed by atoms with Crippen LogP contribution in [0.3, 0.4) is 0 Å². The molecule has 0 spiro atoms. The number of phenolic OH excluding ortho intramolecular Hbond substituents is 1. The number of sulfonamides is 1. The van der Waals surface area contributed by atoms with E-state index in [1.165, 1.54) is 22.5 Å². The number of nitrogens with zero attached hydrogens (tertiary/aromatic N) is 1. The Bertz CT molecular complexity index is 1040. The summed E-state index contributed by atoms with van der Waals surface area (Å²) < 4.78 is 41.3. The van der Waals surface area contributed by atoms with E-state index in [4.69, 9.17) is 5.11 Å². The molecule has 1 saturated heterocycles. The quantitative estimate of drug-likeness (QED) is 0.436. The molecular weight excluding hydrogens is 421 g/mol. The number of carboxylic acids is 1. The van der Waals surface area contributed by atoms with E-state index < -0.39 is 27.9 Å². The van der Waals surface area contributed by atoms with Crippen LogP contribution in [0.2, 0.25) is 0 Å². The van der Waals surface area contributed by atoms with Crippen LogP contribution in [-0.2, 0) is 14.8 Å². The fourth-order valence-electron chi connectivity index (χ4n) is 3.99. The van der Waals surface area contributed by atoms with E-state index in [9.17, 15) is 22.7 Å². The summed E-state index contributed by atoms with van der Waals surface area (Å²) in [6.07, 6.45) is 6.48. The average molecular weight is 448 g/mol. The van der Waals surface area contributed by atoms with E-state index in [0.717, 1.165) is 12.1 Å². The van der Waals surface area contributed by atoms with Gasteiger partial charge >= 0.3 is 5.97 Å². The summed E-state index contributed by atoms with van der Waals surface area (Å²) >= 11 is 0. The van der Waals surface area contributed by atoms with Crippen LogP contribution in [0.1, 0.15) is 43.7 Å². The molecule has 0 unspecified atom stereocenters. The third-order valence-corrected chi connectivity index (χ3v) is 7.37. The van der Waals surface area contributed by atoms with Crippen molar-refractivity contribution in [3.8, 4) is 5.75 Å². The highest BCUT2D eigenvalue weighted by Gasteiger charge is 2.42. The van der Waals surface area contributed by atoms with Crippen molar-refractivity contribution < 1.29 is 27.8 Å². The smallest absolute Gasteiger partial charge is 0.303 e. The molecule has 1 heterocycles. The van der Waals surface area contributed by atoms with Gasteiger partial charge in [0.1, 0.15) is 11.6 Å². The topological polar surface area (TPSA) is 94.9 Å². The number of aromatic hydroxyl groups is 1. The van der Waals surface area contributed by atoms with E-state index >= 15 is 0 Å². The minimum atomic E-state index is -3.85. The molecule has 2 aromatic carbocycles. The molecule has 2 atom stereocenters. The number of benzene rings is 2. The molecule has 0 aromatic heterocycles. The second-order valence-corrected chi connectivity index (χ2v) is 9.54. The van der Waals surface area contributed by atoms with E-state index in [0.29, 0.717) is 37.8 Å². The number of allylic oxidation sites excluding steroid dienone is 2. The van der Waals surface area contributed by atoms with Crippen LogP contribution >= 0.6 is 0 Å². The van der Waals surface area contributed by atoms with Crippen LogP contribution in [0.25, 0.3) is 0 Å². The number of unbranched alkanes of at least 4 members (excludes halogenated alkanes) is 1. The van der Waals surface area contributed by atoms with Gasteiger partial charge in [-0.05, 0) is 73.6 Å². The van der Waals surface area contributed by atoms with E-state index in [2.05, 4.69) is 0 Å². The second kappa shape index (κ2) is 10.1. The Balaban J connectivity index is 1.83. The predicted octanol–water partition coefficient (Wildman–Crippen LogP) is 4.48. The number of carbonyl (C=O) groups is 1. The van der Waals surface area contributed by atoms with Crippen molar-refractivity contribution in [1.29, 1.82) is 0 Å². The monoisotopic (exact) mass is 447 g/mol. The van der Waals surface area contributed by atoms with Gasteiger partial charge < -0.3 is 10.2 Å². The summed E-state index contributed by atoms with van der Waals surface area (Å²) in [7, 11) is -3.85. The van der Waals surface area contributed by atoms with Gasteiger partial charge in [0.05, 0.1) is 10.9 Å². The number of hydrogen-bond donors (Lipinski definition) is 2. The van der Waals surface area contributed by atoms with Gasteiger partial charge in [0.2, 0.25) is 10.0 Å². The minimum absolute atomic E-state index is 0.00672. The molecule has 0 bridgehead atoms. The summed E-state index contributed by atoms with van der Waals surface area (Å²) in [6.45, 7) is 0.317. The number of rotatable bonds is 9. The molecule has 2 N–H and O–H groups in total. The molecule has 2 aromatic rings. The molecule has 0 aliphatic carbocycles. The Kier molecular flexibility index (Phi) is 7.46. The maximum absolute atomic E-state index is 13.3. The van der Waals surface area contributed by atoms with Crippen molar-refractivity contribution in [2.75, 3.05) is 6.54 Å². The molecular formula is C23H26FNO5S. The molecule has 166 valence electrons. The molecule has 31 heavy (non-hydrogen) atoms. The number of carboxylic acid groups (broad SMARTS) is 1. The fourth-order valence-corrected chi connectivity index (χ4v) is 5.68. The Labute approximate surface area is 181 Å². The lowest BCUT2D eigenvalue weighted by molar-refractivity contribution is -0.137. The van der Waals surface area contributed by atoms with Crippen molar-refractivity contribution in [2.45, 2.75) is 43.0 Å². The van der Waals surface area contributed by atoms with Gasteiger partial charge in [-0.25, -0.2) is 12.8 Å². The number of phenols is 1. The van der Waals surface area contributed by atoms with Crippen LogP contribution in [0, 0.1) is 11.7 Å². The van der Waals surface area contributed by atoms with Gasteiger partial charge in [-0.3, -0.25) is 4.79 Å². The first kappa shape index (κ1) is 23.0. The molecule has 3 rings (SSSR count).